The number of para-hydroxylation sites is 2. The summed E-state index contributed by atoms with van der Waals surface area (Å²) in [5, 5.41) is 2.86. The van der Waals surface area contributed by atoms with Crippen molar-refractivity contribution in [1.29, 1.82) is 0 Å². The zero-order chi connectivity index (χ0) is 16.9. The van der Waals surface area contributed by atoms with Crippen molar-refractivity contribution in [2.75, 3.05) is 18.1 Å². The van der Waals surface area contributed by atoms with Gasteiger partial charge in [0.05, 0.1) is 12.2 Å². The van der Waals surface area contributed by atoms with E-state index in [-0.39, 0.29) is 18.4 Å². The fourth-order valence-electron chi connectivity index (χ4n) is 2.66. The van der Waals surface area contributed by atoms with Gasteiger partial charge < -0.3 is 15.0 Å². The Morgan fingerprint density at radius 1 is 1.21 bits per heavy atom. The third-order valence-corrected chi connectivity index (χ3v) is 3.87. The van der Waals surface area contributed by atoms with Gasteiger partial charge in [0.2, 0.25) is 0 Å². The third kappa shape index (κ3) is 3.40. The summed E-state index contributed by atoms with van der Waals surface area (Å²) < 4.78 is 5.45. The first-order valence-corrected chi connectivity index (χ1v) is 8.08. The van der Waals surface area contributed by atoms with Gasteiger partial charge in [-0.3, -0.25) is 9.59 Å². The van der Waals surface area contributed by atoms with Crippen LogP contribution in [-0.4, -0.2) is 25.0 Å². The summed E-state index contributed by atoms with van der Waals surface area (Å²) in [5.74, 6) is 0.524. The standard InChI is InChI=1S/C19H20N2O3/c1-2-10-20-19(23)15-7-5-6-14(11-15)12-21-16-8-3-4-9-17(16)24-13-18(21)22/h3-9,11H,2,10,12-13H2,1H3,(H,20,23). The second-order valence-corrected chi connectivity index (χ2v) is 5.69. The molecule has 0 spiro atoms. The number of rotatable bonds is 5. The average molecular weight is 324 g/mol. The second kappa shape index (κ2) is 7.17. The molecule has 1 N–H and O–H groups in total. The van der Waals surface area contributed by atoms with Gasteiger partial charge in [0.15, 0.2) is 6.61 Å². The number of amides is 2. The highest BCUT2D eigenvalue weighted by molar-refractivity contribution is 5.98. The maximum absolute atomic E-state index is 12.2. The molecule has 0 saturated carbocycles. The molecule has 0 aromatic heterocycles. The lowest BCUT2D eigenvalue weighted by molar-refractivity contribution is -0.121. The summed E-state index contributed by atoms with van der Waals surface area (Å²) in [6.45, 7) is 3.11. The lowest BCUT2D eigenvalue weighted by atomic mass is 10.1. The number of hydrogen-bond acceptors (Lipinski definition) is 3. The van der Waals surface area contributed by atoms with Gasteiger partial charge in [-0.05, 0) is 36.2 Å². The molecule has 0 aliphatic carbocycles. The molecule has 0 saturated heterocycles. The Morgan fingerprint density at radius 3 is 2.88 bits per heavy atom. The molecule has 1 heterocycles. The molecule has 24 heavy (non-hydrogen) atoms. The predicted octanol–water partition coefficient (Wildman–Crippen LogP) is 2.75. The minimum absolute atomic E-state index is 0.0354. The number of benzene rings is 2. The summed E-state index contributed by atoms with van der Waals surface area (Å²) in [6, 6.07) is 14.8. The van der Waals surface area contributed by atoms with Crippen molar-refractivity contribution < 1.29 is 14.3 Å². The largest absolute Gasteiger partial charge is 0.482 e. The van der Waals surface area contributed by atoms with E-state index in [0.29, 0.717) is 24.4 Å². The van der Waals surface area contributed by atoms with Crippen LogP contribution in [0.5, 0.6) is 5.75 Å². The van der Waals surface area contributed by atoms with Crippen molar-refractivity contribution in [3.05, 3.63) is 59.7 Å². The minimum atomic E-state index is -0.0904. The Hall–Kier alpha value is -2.82. The predicted molar refractivity (Wildman–Crippen MR) is 92.2 cm³/mol. The second-order valence-electron chi connectivity index (χ2n) is 5.69. The van der Waals surface area contributed by atoms with Crippen LogP contribution in [0.25, 0.3) is 0 Å². The first-order valence-electron chi connectivity index (χ1n) is 8.08. The Kier molecular flexibility index (Phi) is 4.79. The van der Waals surface area contributed by atoms with E-state index in [1.54, 1.807) is 11.0 Å². The molecular weight excluding hydrogens is 304 g/mol. The molecular formula is C19H20N2O3. The highest BCUT2D eigenvalue weighted by Gasteiger charge is 2.25. The van der Waals surface area contributed by atoms with Crippen LogP contribution < -0.4 is 15.0 Å². The van der Waals surface area contributed by atoms with E-state index in [1.165, 1.54) is 0 Å². The third-order valence-electron chi connectivity index (χ3n) is 3.87. The lowest BCUT2D eigenvalue weighted by Gasteiger charge is -2.29. The number of hydrogen-bond donors (Lipinski definition) is 1. The fraction of sp³-hybridized carbons (Fsp3) is 0.263. The first-order chi connectivity index (χ1) is 11.7. The van der Waals surface area contributed by atoms with E-state index in [2.05, 4.69) is 5.32 Å². The first kappa shape index (κ1) is 16.1. The molecule has 0 atom stereocenters. The van der Waals surface area contributed by atoms with Crippen molar-refractivity contribution in [2.45, 2.75) is 19.9 Å². The number of carbonyl (C=O) groups excluding carboxylic acids is 2. The van der Waals surface area contributed by atoms with Crippen LogP contribution in [0, 0.1) is 0 Å². The van der Waals surface area contributed by atoms with Gasteiger partial charge in [-0.1, -0.05) is 31.2 Å². The van der Waals surface area contributed by atoms with Gasteiger partial charge in [0.25, 0.3) is 11.8 Å². The lowest BCUT2D eigenvalue weighted by Crippen LogP contribution is -2.38. The van der Waals surface area contributed by atoms with E-state index in [0.717, 1.165) is 17.7 Å². The number of anilines is 1. The smallest absolute Gasteiger partial charge is 0.265 e. The summed E-state index contributed by atoms with van der Waals surface area (Å²) >= 11 is 0. The number of nitrogens with zero attached hydrogens (tertiary/aromatic N) is 1. The van der Waals surface area contributed by atoms with Crippen molar-refractivity contribution >= 4 is 17.5 Å². The molecule has 0 radical (unpaired) electrons. The van der Waals surface area contributed by atoms with Crippen LogP contribution >= 0.6 is 0 Å². The van der Waals surface area contributed by atoms with E-state index in [1.807, 2.05) is 49.4 Å². The molecule has 5 nitrogen and oxygen atoms in total. The highest BCUT2D eigenvalue weighted by Crippen LogP contribution is 2.32. The topological polar surface area (TPSA) is 58.6 Å². The zero-order valence-electron chi connectivity index (χ0n) is 13.6. The van der Waals surface area contributed by atoms with Gasteiger partial charge in [-0.25, -0.2) is 0 Å². The van der Waals surface area contributed by atoms with E-state index in [4.69, 9.17) is 4.74 Å². The quantitative estimate of drug-likeness (QED) is 0.920. The molecule has 0 bridgehead atoms. The number of carbonyl (C=O) groups is 2. The van der Waals surface area contributed by atoms with Crippen LogP contribution in [0.2, 0.25) is 0 Å². The number of ether oxygens (including phenoxy) is 1. The van der Waals surface area contributed by atoms with Crippen LogP contribution in [0.3, 0.4) is 0 Å². The maximum Gasteiger partial charge on any atom is 0.265 e. The maximum atomic E-state index is 12.2. The Bertz CT molecular complexity index is 758. The van der Waals surface area contributed by atoms with E-state index >= 15 is 0 Å². The van der Waals surface area contributed by atoms with Crippen molar-refractivity contribution in [1.82, 2.24) is 5.32 Å². The highest BCUT2D eigenvalue weighted by atomic mass is 16.5. The summed E-state index contributed by atoms with van der Waals surface area (Å²) in [6.07, 6.45) is 0.893. The summed E-state index contributed by atoms with van der Waals surface area (Å²) in [7, 11) is 0. The Morgan fingerprint density at radius 2 is 2.04 bits per heavy atom. The van der Waals surface area contributed by atoms with Gasteiger partial charge in [-0.2, -0.15) is 0 Å². The van der Waals surface area contributed by atoms with Gasteiger partial charge >= 0.3 is 0 Å². The normalized spacial score (nSPS) is 13.2. The Labute approximate surface area is 141 Å². The van der Waals surface area contributed by atoms with Crippen molar-refractivity contribution in [2.24, 2.45) is 0 Å². The van der Waals surface area contributed by atoms with Crippen LogP contribution in [0.1, 0.15) is 29.3 Å². The number of nitrogens with one attached hydrogen (secondary N) is 1. The van der Waals surface area contributed by atoms with E-state index in [9.17, 15) is 9.59 Å². The summed E-state index contributed by atoms with van der Waals surface area (Å²) in [5.41, 5.74) is 2.27. The molecule has 2 amide bonds. The van der Waals surface area contributed by atoms with Crippen molar-refractivity contribution in [3.63, 3.8) is 0 Å². The molecule has 124 valence electrons. The molecule has 1 aliphatic heterocycles. The van der Waals surface area contributed by atoms with Crippen LogP contribution in [0.4, 0.5) is 5.69 Å². The minimum Gasteiger partial charge on any atom is -0.482 e. The Balaban J connectivity index is 1.81. The average Bonchev–Trinajstić information content (AvgIpc) is 2.62. The van der Waals surface area contributed by atoms with Gasteiger partial charge in [0, 0.05) is 12.1 Å². The number of fused-ring (bicyclic) bond motifs is 1. The van der Waals surface area contributed by atoms with Crippen LogP contribution in [-0.2, 0) is 11.3 Å². The molecule has 5 heteroatoms. The molecule has 0 fully saturated rings. The molecule has 1 aliphatic rings. The SMILES string of the molecule is CCCNC(=O)c1cccc(CN2C(=O)COc3ccccc32)c1. The zero-order valence-corrected chi connectivity index (χ0v) is 13.6. The van der Waals surface area contributed by atoms with Gasteiger partial charge in [0.1, 0.15) is 5.75 Å². The van der Waals surface area contributed by atoms with Crippen molar-refractivity contribution in [3.8, 4) is 5.75 Å². The molecule has 2 aromatic rings. The summed E-state index contributed by atoms with van der Waals surface area (Å²) in [4.78, 5) is 26.0. The van der Waals surface area contributed by atoms with Crippen LogP contribution in [0.15, 0.2) is 48.5 Å². The molecule has 3 rings (SSSR count). The van der Waals surface area contributed by atoms with Gasteiger partial charge in [-0.15, -0.1) is 0 Å². The molecule has 2 aromatic carbocycles. The van der Waals surface area contributed by atoms with E-state index < -0.39 is 0 Å². The fourth-order valence-corrected chi connectivity index (χ4v) is 2.66. The molecule has 0 unspecified atom stereocenters. The monoisotopic (exact) mass is 324 g/mol.